The van der Waals surface area contributed by atoms with Gasteiger partial charge in [-0.1, -0.05) is 24.8 Å². The van der Waals surface area contributed by atoms with Gasteiger partial charge in [0.2, 0.25) is 0 Å². The van der Waals surface area contributed by atoms with Crippen LogP contribution in [0.3, 0.4) is 0 Å². The van der Waals surface area contributed by atoms with E-state index in [0.29, 0.717) is 15.5 Å². The average Bonchev–Trinajstić information content (AvgIpc) is 2.95. The Morgan fingerprint density at radius 2 is 2.10 bits per heavy atom. The molecule has 1 heterocycles. The van der Waals surface area contributed by atoms with E-state index in [2.05, 4.69) is 16.6 Å². The minimum absolute atomic E-state index is 0.231. The van der Waals surface area contributed by atoms with Crippen LogP contribution in [0.25, 0.3) is 0 Å². The van der Waals surface area contributed by atoms with E-state index in [1.807, 2.05) is 13.0 Å². The fourth-order valence-corrected chi connectivity index (χ4v) is 4.05. The van der Waals surface area contributed by atoms with Crippen LogP contribution < -0.4 is 4.72 Å². The molecule has 0 spiro atoms. The molecule has 0 bridgehead atoms. The fourth-order valence-electron chi connectivity index (χ4n) is 1.70. The SMILES string of the molecule is CCc1ccc(S(=O)(=O)Nc2cccc(C#CCO)c2)s1. The molecular formula is C15H15NO3S2. The van der Waals surface area contributed by atoms with E-state index in [-0.39, 0.29) is 6.61 Å². The number of hydrogen-bond acceptors (Lipinski definition) is 4. The van der Waals surface area contributed by atoms with Crippen molar-refractivity contribution in [3.8, 4) is 11.8 Å². The van der Waals surface area contributed by atoms with Crippen molar-refractivity contribution in [3.63, 3.8) is 0 Å². The first kappa shape index (κ1) is 15.6. The Hall–Kier alpha value is -1.81. The van der Waals surface area contributed by atoms with Crippen molar-refractivity contribution in [2.75, 3.05) is 11.3 Å². The van der Waals surface area contributed by atoms with Gasteiger partial charge < -0.3 is 5.11 Å². The van der Waals surface area contributed by atoms with Gasteiger partial charge in [0.25, 0.3) is 10.0 Å². The monoisotopic (exact) mass is 321 g/mol. The Kier molecular flexibility index (Phi) is 5.02. The van der Waals surface area contributed by atoms with Crippen LogP contribution in [-0.4, -0.2) is 20.1 Å². The molecule has 0 unspecified atom stereocenters. The van der Waals surface area contributed by atoms with Crippen molar-refractivity contribution in [2.24, 2.45) is 0 Å². The first-order valence-corrected chi connectivity index (χ1v) is 8.66. The van der Waals surface area contributed by atoms with Crippen LogP contribution >= 0.6 is 11.3 Å². The van der Waals surface area contributed by atoms with E-state index >= 15 is 0 Å². The lowest BCUT2D eigenvalue weighted by Crippen LogP contribution is -2.11. The summed E-state index contributed by atoms with van der Waals surface area (Å²) >= 11 is 1.27. The maximum Gasteiger partial charge on any atom is 0.271 e. The maximum atomic E-state index is 12.3. The molecule has 2 N–H and O–H groups in total. The summed E-state index contributed by atoms with van der Waals surface area (Å²) in [4.78, 5) is 1.03. The molecule has 0 aliphatic heterocycles. The van der Waals surface area contributed by atoms with Crippen molar-refractivity contribution >= 4 is 27.0 Å². The van der Waals surface area contributed by atoms with Crippen LogP contribution in [0.2, 0.25) is 0 Å². The van der Waals surface area contributed by atoms with Gasteiger partial charge in [-0.05, 0) is 36.8 Å². The summed E-state index contributed by atoms with van der Waals surface area (Å²) in [5.41, 5.74) is 1.09. The number of hydrogen-bond donors (Lipinski definition) is 2. The summed E-state index contributed by atoms with van der Waals surface area (Å²) in [5.74, 6) is 5.27. The second kappa shape index (κ2) is 6.76. The number of rotatable bonds is 4. The smallest absolute Gasteiger partial charge is 0.271 e. The number of aliphatic hydroxyl groups is 1. The molecule has 0 atom stereocenters. The number of thiophene rings is 1. The van der Waals surface area contributed by atoms with Crippen molar-refractivity contribution in [2.45, 2.75) is 17.6 Å². The Labute approximate surface area is 128 Å². The molecule has 0 aliphatic rings. The zero-order valence-corrected chi connectivity index (χ0v) is 13.1. The molecule has 1 aromatic carbocycles. The van der Waals surface area contributed by atoms with E-state index in [0.717, 1.165) is 11.3 Å². The van der Waals surface area contributed by atoms with Gasteiger partial charge in [0.05, 0.1) is 5.69 Å². The van der Waals surface area contributed by atoms with Crippen LogP contribution in [0.5, 0.6) is 0 Å². The van der Waals surface area contributed by atoms with E-state index in [1.54, 1.807) is 30.3 Å². The summed E-state index contributed by atoms with van der Waals surface area (Å²) in [6, 6.07) is 10.2. The molecule has 21 heavy (non-hydrogen) atoms. The lowest BCUT2D eigenvalue weighted by molar-refractivity contribution is 0.350. The second-order valence-corrected chi connectivity index (χ2v) is 7.30. The Bertz CT molecular complexity index is 782. The van der Waals surface area contributed by atoms with Gasteiger partial charge in [0.15, 0.2) is 0 Å². The number of nitrogens with one attached hydrogen (secondary N) is 1. The highest BCUT2D eigenvalue weighted by atomic mass is 32.2. The van der Waals surface area contributed by atoms with Crippen LogP contribution in [0.15, 0.2) is 40.6 Å². The Balaban J connectivity index is 2.24. The lowest BCUT2D eigenvalue weighted by atomic mass is 10.2. The summed E-state index contributed by atoms with van der Waals surface area (Å²) in [5, 5.41) is 8.67. The average molecular weight is 321 g/mol. The summed E-state index contributed by atoms with van der Waals surface area (Å²) in [7, 11) is -3.57. The fraction of sp³-hybridized carbons (Fsp3) is 0.200. The molecule has 2 rings (SSSR count). The van der Waals surface area contributed by atoms with Crippen LogP contribution in [-0.2, 0) is 16.4 Å². The molecule has 0 radical (unpaired) electrons. The molecular weight excluding hydrogens is 306 g/mol. The van der Waals surface area contributed by atoms with Gasteiger partial charge in [-0.15, -0.1) is 11.3 Å². The summed E-state index contributed by atoms with van der Waals surface area (Å²) < 4.78 is 27.4. The van der Waals surface area contributed by atoms with Crippen LogP contribution in [0.1, 0.15) is 17.4 Å². The molecule has 0 saturated heterocycles. The second-order valence-electron chi connectivity index (χ2n) is 4.22. The van der Waals surface area contributed by atoms with Gasteiger partial charge in [-0.2, -0.15) is 0 Å². The summed E-state index contributed by atoms with van der Waals surface area (Å²) in [6.07, 6.45) is 0.812. The van der Waals surface area contributed by atoms with Gasteiger partial charge in [-0.3, -0.25) is 4.72 Å². The minimum Gasteiger partial charge on any atom is -0.384 e. The maximum absolute atomic E-state index is 12.3. The highest BCUT2D eigenvalue weighted by Crippen LogP contribution is 2.24. The van der Waals surface area contributed by atoms with Crippen LogP contribution in [0.4, 0.5) is 5.69 Å². The molecule has 2 aromatic rings. The number of aliphatic hydroxyl groups excluding tert-OH is 1. The Morgan fingerprint density at radius 1 is 1.29 bits per heavy atom. The number of anilines is 1. The Morgan fingerprint density at radius 3 is 2.76 bits per heavy atom. The number of sulfonamides is 1. The molecule has 4 nitrogen and oxygen atoms in total. The first-order chi connectivity index (χ1) is 10.0. The molecule has 6 heteroatoms. The number of benzene rings is 1. The van der Waals surface area contributed by atoms with Gasteiger partial charge in [-0.25, -0.2) is 8.42 Å². The topological polar surface area (TPSA) is 66.4 Å². The van der Waals surface area contributed by atoms with Gasteiger partial charge in [0.1, 0.15) is 10.8 Å². The normalized spacial score (nSPS) is 10.8. The highest BCUT2D eigenvalue weighted by molar-refractivity contribution is 7.94. The quantitative estimate of drug-likeness (QED) is 0.850. The van der Waals surface area contributed by atoms with E-state index in [4.69, 9.17) is 5.11 Å². The van der Waals surface area contributed by atoms with Crippen molar-refractivity contribution in [1.82, 2.24) is 0 Å². The molecule has 110 valence electrons. The predicted octanol–water partition coefficient (Wildman–Crippen LogP) is 2.46. The van der Waals surface area contributed by atoms with Crippen molar-refractivity contribution in [1.29, 1.82) is 0 Å². The molecule has 0 aliphatic carbocycles. The van der Waals surface area contributed by atoms with E-state index in [9.17, 15) is 8.42 Å². The third-order valence-corrected chi connectivity index (χ3v) is 5.78. The van der Waals surface area contributed by atoms with Gasteiger partial charge in [0, 0.05) is 10.4 Å². The van der Waals surface area contributed by atoms with E-state index < -0.39 is 10.0 Å². The molecule has 1 aromatic heterocycles. The zero-order valence-electron chi connectivity index (χ0n) is 11.5. The lowest BCUT2D eigenvalue weighted by Gasteiger charge is -2.06. The standard InChI is InChI=1S/C15H15NO3S2/c1-2-14-8-9-15(20-14)21(18,19)16-13-7-3-5-12(11-13)6-4-10-17/h3,5,7-9,11,16-17H,2,10H2,1H3. The summed E-state index contributed by atoms with van der Waals surface area (Å²) in [6.45, 7) is 1.75. The molecule has 0 fully saturated rings. The third kappa shape index (κ3) is 4.08. The number of aryl methyl sites for hydroxylation is 1. The van der Waals surface area contributed by atoms with Crippen LogP contribution in [0, 0.1) is 11.8 Å². The van der Waals surface area contributed by atoms with Gasteiger partial charge >= 0.3 is 0 Å². The predicted molar refractivity (Wildman–Crippen MR) is 84.9 cm³/mol. The molecule has 0 amide bonds. The van der Waals surface area contributed by atoms with Crippen molar-refractivity contribution in [3.05, 3.63) is 46.8 Å². The van der Waals surface area contributed by atoms with E-state index in [1.165, 1.54) is 11.3 Å². The highest BCUT2D eigenvalue weighted by Gasteiger charge is 2.16. The first-order valence-electron chi connectivity index (χ1n) is 6.36. The largest absolute Gasteiger partial charge is 0.384 e. The molecule has 0 saturated carbocycles. The zero-order chi connectivity index (χ0) is 15.3. The third-order valence-electron chi connectivity index (χ3n) is 2.68. The minimum atomic E-state index is -3.57. The van der Waals surface area contributed by atoms with Crippen molar-refractivity contribution < 1.29 is 13.5 Å².